The van der Waals surface area contributed by atoms with Crippen molar-refractivity contribution < 1.29 is 31.1 Å². The highest BCUT2D eigenvalue weighted by atomic mass is 79.9. The number of hydrogen-bond acceptors (Lipinski definition) is 5. The van der Waals surface area contributed by atoms with Crippen molar-refractivity contribution in [3.63, 3.8) is 0 Å². The zero-order chi connectivity index (χ0) is 19.5. The van der Waals surface area contributed by atoms with Crippen LogP contribution in [0, 0.1) is 0 Å². The molecule has 0 saturated carbocycles. The highest BCUT2D eigenvalue weighted by molar-refractivity contribution is 9.10. The van der Waals surface area contributed by atoms with Crippen LogP contribution in [0.1, 0.15) is 15.9 Å². The summed E-state index contributed by atoms with van der Waals surface area (Å²) in [5.41, 5.74) is 0.269. The Morgan fingerprint density at radius 2 is 1.96 bits per heavy atom. The van der Waals surface area contributed by atoms with Crippen LogP contribution in [-0.4, -0.2) is 32.7 Å². The first-order chi connectivity index (χ1) is 12.0. The van der Waals surface area contributed by atoms with Gasteiger partial charge in [-0.25, -0.2) is 8.42 Å². The Hall–Kier alpha value is -2.14. The summed E-state index contributed by atoms with van der Waals surface area (Å²) in [4.78, 5) is 14.8. The van der Waals surface area contributed by atoms with Gasteiger partial charge >= 0.3 is 6.36 Å². The molecule has 0 saturated heterocycles. The van der Waals surface area contributed by atoms with Crippen molar-refractivity contribution in [2.45, 2.75) is 17.0 Å². The molecule has 0 bridgehead atoms. The van der Waals surface area contributed by atoms with Gasteiger partial charge in [0.25, 0.3) is 5.91 Å². The number of sulfone groups is 1. The minimum atomic E-state index is -5.04. The van der Waals surface area contributed by atoms with Gasteiger partial charge in [-0.3, -0.25) is 9.78 Å². The molecule has 2 rings (SSSR count). The number of ether oxygens (including phenoxy) is 1. The molecule has 1 amide bonds. The molecular formula is C15H12BrF3N2O4S. The lowest BCUT2D eigenvalue weighted by Crippen LogP contribution is -2.20. The van der Waals surface area contributed by atoms with Crippen LogP contribution in [0.3, 0.4) is 0 Å². The van der Waals surface area contributed by atoms with Crippen LogP contribution in [0.15, 0.2) is 46.0 Å². The average Bonchev–Trinajstić information content (AvgIpc) is 2.54. The summed E-state index contributed by atoms with van der Waals surface area (Å²) in [6.07, 6.45) is -2.59. The van der Waals surface area contributed by atoms with Gasteiger partial charge < -0.3 is 10.1 Å². The third-order valence-electron chi connectivity index (χ3n) is 3.11. The van der Waals surface area contributed by atoms with Gasteiger partial charge in [0.1, 0.15) is 10.6 Å². The molecule has 0 fully saturated rings. The van der Waals surface area contributed by atoms with Crippen molar-refractivity contribution in [3.8, 4) is 5.75 Å². The highest BCUT2D eigenvalue weighted by Crippen LogP contribution is 2.33. The molecule has 0 unspecified atom stereocenters. The Morgan fingerprint density at radius 3 is 2.58 bits per heavy atom. The molecule has 140 valence electrons. The second-order valence-corrected chi connectivity index (χ2v) is 7.93. The van der Waals surface area contributed by atoms with E-state index >= 15 is 0 Å². The Kier molecular flexibility index (Phi) is 5.91. The van der Waals surface area contributed by atoms with Crippen molar-refractivity contribution in [2.24, 2.45) is 0 Å². The highest BCUT2D eigenvalue weighted by Gasteiger charge is 2.34. The summed E-state index contributed by atoms with van der Waals surface area (Å²) in [5.74, 6) is -1.97. The van der Waals surface area contributed by atoms with Gasteiger partial charge in [-0.2, -0.15) is 0 Å². The maximum atomic E-state index is 12.6. The maximum Gasteiger partial charge on any atom is 0.573 e. The van der Waals surface area contributed by atoms with Crippen LogP contribution in [0.4, 0.5) is 13.2 Å². The van der Waals surface area contributed by atoms with Gasteiger partial charge in [0.15, 0.2) is 9.84 Å². The second-order valence-electron chi connectivity index (χ2n) is 5.06. The predicted octanol–water partition coefficient (Wildman–Crippen LogP) is 3.08. The number of amides is 1. The molecule has 0 aliphatic carbocycles. The van der Waals surface area contributed by atoms with Crippen LogP contribution in [0.2, 0.25) is 0 Å². The number of alkyl halides is 3. The van der Waals surface area contributed by atoms with Crippen molar-refractivity contribution in [1.29, 1.82) is 0 Å². The molecule has 11 heteroatoms. The quantitative estimate of drug-likeness (QED) is 0.753. The molecule has 1 aromatic heterocycles. The maximum absolute atomic E-state index is 12.6. The van der Waals surface area contributed by atoms with Crippen LogP contribution >= 0.6 is 15.9 Å². The van der Waals surface area contributed by atoms with Crippen molar-refractivity contribution in [1.82, 2.24) is 10.3 Å². The van der Waals surface area contributed by atoms with Crippen LogP contribution < -0.4 is 10.1 Å². The number of nitrogens with zero attached hydrogens (tertiary/aromatic N) is 1. The van der Waals surface area contributed by atoms with Gasteiger partial charge in [0.2, 0.25) is 0 Å². The third kappa shape index (κ3) is 5.18. The summed E-state index contributed by atoms with van der Waals surface area (Å²) in [6.45, 7) is 0. The smallest absolute Gasteiger partial charge is 0.404 e. The number of carbonyl (C=O) groups excluding carboxylic acids is 1. The monoisotopic (exact) mass is 452 g/mol. The summed E-state index contributed by atoms with van der Waals surface area (Å²) < 4.78 is 66.9. The number of carbonyl (C=O) groups is 1. The predicted molar refractivity (Wildman–Crippen MR) is 89.3 cm³/mol. The second kappa shape index (κ2) is 7.62. The number of rotatable bonds is 5. The van der Waals surface area contributed by atoms with Gasteiger partial charge in [-0.15, -0.1) is 13.2 Å². The molecule has 26 heavy (non-hydrogen) atoms. The summed E-state index contributed by atoms with van der Waals surface area (Å²) >= 11 is 3.03. The van der Waals surface area contributed by atoms with Crippen LogP contribution in [-0.2, 0) is 15.6 Å². The number of hydrogen-bond donors (Lipinski definition) is 1. The van der Waals surface area contributed by atoms with E-state index in [1.807, 2.05) is 0 Å². The van der Waals surface area contributed by atoms with Gasteiger partial charge in [-0.05, 0) is 29.8 Å². The zero-order valence-corrected chi connectivity index (χ0v) is 15.6. The van der Waals surface area contributed by atoms with Crippen LogP contribution in [0.25, 0.3) is 0 Å². The summed E-state index contributed by atoms with van der Waals surface area (Å²) in [6, 6.07) is 4.45. The van der Waals surface area contributed by atoms with Crippen molar-refractivity contribution in [3.05, 3.63) is 52.3 Å². The molecule has 6 nitrogen and oxygen atoms in total. The molecule has 0 radical (unpaired) electrons. The Labute approximate surface area is 155 Å². The molecule has 0 spiro atoms. The normalized spacial score (nSPS) is 11.9. The molecule has 1 heterocycles. The molecule has 2 aromatic rings. The fourth-order valence-electron chi connectivity index (χ4n) is 2.07. The standard InChI is InChI=1S/C15H12BrF3N2O4S/c1-20-14(22)10-4-9(6-21-7-10)8-26(23,24)13-5-11(16)2-3-12(13)25-15(17,18)19/h2-7H,8H2,1H3,(H,20,22). The Bertz CT molecular complexity index is 933. The summed E-state index contributed by atoms with van der Waals surface area (Å²) in [7, 11) is -2.82. The lowest BCUT2D eigenvalue weighted by atomic mass is 10.2. The number of aromatic nitrogens is 1. The fourth-order valence-corrected chi connectivity index (χ4v) is 4.05. The number of nitrogens with one attached hydrogen (secondary N) is 1. The number of halogens is 4. The van der Waals surface area contributed by atoms with E-state index in [-0.39, 0.29) is 15.6 Å². The minimum Gasteiger partial charge on any atom is -0.404 e. The molecule has 0 aliphatic heterocycles. The van der Waals surface area contributed by atoms with E-state index in [0.29, 0.717) is 0 Å². The largest absolute Gasteiger partial charge is 0.573 e. The number of benzene rings is 1. The Balaban J connectivity index is 2.42. The first-order valence-electron chi connectivity index (χ1n) is 6.96. The molecule has 0 atom stereocenters. The number of pyridine rings is 1. The summed E-state index contributed by atoms with van der Waals surface area (Å²) in [5, 5.41) is 2.37. The van der Waals surface area contributed by atoms with Gasteiger partial charge in [0.05, 0.1) is 11.3 Å². The first-order valence-corrected chi connectivity index (χ1v) is 9.40. The lowest BCUT2D eigenvalue weighted by Gasteiger charge is -2.14. The van der Waals surface area contributed by atoms with E-state index in [2.05, 4.69) is 31.0 Å². The lowest BCUT2D eigenvalue weighted by molar-refractivity contribution is -0.275. The fraction of sp³-hybridized carbons (Fsp3) is 0.200. The molecular weight excluding hydrogens is 441 g/mol. The van der Waals surface area contributed by atoms with E-state index < -0.39 is 38.5 Å². The molecule has 0 aliphatic rings. The molecule has 1 aromatic carbocycles. The van der Waals surface area contributed by atoms with Gasteiger partial charge in [0, 0.05) is 23.9 Å². The average molecular weight is 453 g/mol. The SMILES string of the molecule is CNC(=O)c1cncc(CS(=O)(=O)c2cc(Br)ccc2OC(F)(F)F)c1. The van der Waals surface area contributed by atoms with E-state index in [4.69, 9.17) is 0 Å². The zero-order valence-electron chi connectivity index (χ0n) is 13.2. The van der Waals surface area contributed by atoms with E-state index in [9.17, 15) is 26.4 Å². The first kappa shape index (κ1) is 20.2. The van der Waals surface area contributed by atoms with E-state index in [0.717, 1.165) is 12.1 Å². The minimum absolute atomic E-state index is 0.126. The topological polar surface area (TPSA) is 85.4 Å². The van der Waals surface area contributed by atoms with Crippen molar-refractivity contribution in [2.75, 3.05) is 7.05 Å². The van der Waals surface area contributed by atoms with Crippen molar-refractivity contribution >= 4 is 31.7 Å². The van der Waals surface area contributed by atoms with E-state index in [1.54, 1.807) is 0 Å². The van der Waals surface area contributed by atoms with Crippen LogP contribution in [0.5, 0.6) is 5.75 Å². The van der Waals surface area contributed by atoms with E-state index in [1.165, 1.54) is 31.6 Å². The molecule has 1 N–H and O–H groups in total. The Morgan fingerprint density at radius 1 is 1.27 bits per heavy atom. The third-order valence-corrected chi connectivity index (χ3v) is 5.30. The van der Waals surface area contributed by atoms with Gasteiger partial charge in [-0.1, -0.05) is 15.9 Å².